The molecule has 0 saturated carbocycles. The Morgan fingerprint density at radius 2 is 1.82 bits per heavy atom. The standard InChI is InChI=1S/C33H28N4O6S/c1-4-43-32(39)29-20(2)34-33-36(30(29)22-11-15-26(42-3)16-12-22)31(38)28(44-33)18-25-17-23-7-5-6-8-27(23)35(25)19-21-9-13-24(14-10-21)37(40)41/h5-18,30H,4,19H2,1-3H3/b28-18+/t30-/m0/s1. The molecule has 0 radical (unpaired) electrons. The maximum Gasteiger partial charge on any atom is 0.338 e. The van der Waals surface area contributed by atoms with Crippen LogP contribution in [0.2, 0.25) is 0 Å². The number of thiazole rings is 1. The molecule has 0 aliphatic carbocycles. The Kier molecular flexibility index (Phi) is 7.71. The summed E-state index contributed by atoms with van der Waals surface area (Å²) in [5.41, 5.74) is 3.89. The number of hydrogen-bond donors (Lipinski definition) is 0. The van der Waals surface area contributed by atoms with Crippen LogP contribution in [0.25, 0.3) is 17.0 Å². The van der Waals surface area contributed by atoms with E-state index in [9.17, 15) is 19.7 Å². The van der Waals surface area contributed by atoms with E-state index < -0.39 is 16.9 Å². The van der Waals surface area contributed by atoms with Gasteiger partial charge in [-0.05, 0) is 55.3 Å². The molecule has 222 valence electrons. The lowest BCUT2D eigenvalue weighted by Gasteiger charge is -2.24. The molecule has 5 aromatic rings. The number of fused-ring (bicyclic) bond motifs is 2. The van der Waals surface area contributed by atoms with Gasteiger partial charge in [0.05, 0.1) is 40.5 Å². The molecule has 1 aliphatic heterocycles. The fourth-order valence-electron chi connectivity index (χ4n) is 5.46. The Hall–Kier alpha value is -5.29. The van der Waals surface area contributed by atoms with Gasteiger partial charge < -0.3 is 14.0 Å². The van der Waals surface area contributed by atoms with Crippen LogP contribution in [-0.4, -0.2) is 33.7 Å². The van der Waals surface area contributed by atoms with E-state index >= 15 is 0 Å². The van der Waals surface area contributed by atoms with E-state index in [1.54, 1.807) is 49.8 Å². The maximum atomic E-state index is 14.2. The third kappa shape index (κ3) is 5.22. The first-order chi connectivity index (χ1) is 21.3. The van der Waals surface area contributed by atoms with E-state index in [-0.39, 0.29) is 17.9 Å². The zero-order chi connectivity index (χ0) is 31.0. The highest BCUT2D eigenvalue weighted by atomic mass is 32.1. The number of carbonyl (C=O) groups is 1. The molecule has 44 heavy (non-hydrogen) atoms. The lowest BCUT2D eigenvalue weighted by Crippen LogP contribution is -2.40. The van der Waals surface area contributed by atoms with E-state index in [4.69, 9.17) is 9.47 Å². The van der Waals surface area contributed by atoms with Crippen molar-refractivity contribution < 1.29 is 19.2 Å². The fraction of sp³-hybridized carbons (Fsp3) is 0.182. The van der Waals surface area contributed by atoms with Gasteiger partial charge >= 0.3 is 5.97 Å². The largest absolute Gasteiger partial charge is 0.497 e. The van der Waals surface area contributed by atoms with Gasteiger partial charge in [0, 0.05) is 35.3 Å². The van der Waals surface area contributed by atoms with Crippen LogP contribution >= 0.6 is 11.3 Å². The molecular weight excluding hydrogens is 580 g/mol. The normalized spacial score (nSPS) is 14.8. The van der Waals surface area contributed by atoms with E-state index in [0.717, 1.165) is 27.7 Å². The Morgan fingerprint density at radius 3 is 2.50 bits per heavy atom. The Bertz CT molecular complexity index is 2120. The van der Waals surface area contributed by atoms with Gasteiger partial charge in [0.15, 0.2) is 4.80 Å². The Morgan fingerprint density at radius 1 is 1.09 bits per heavy atom. The molecule has 1 atom stereocenters. The van der Waals surface area contributed by atoms with Gasteiger partial charge in [-0.25, -0.2) is 9.79 Å². The molecule has 1 aliphatic rings. The number of non-ortho nitro benzene ring substituents is 1. The number of methoxy groups -OCH3 is 1. The van der Waals surface area contributed by atoms with Crippen LogP contribution in [0, 0.1) is 10.1 Å². The molecule has 0 saturated heterocycles. The van der Waals surface area contributed by atoms with Gasteiger partial charge in [0.25, 0.3) is 11.2 Å². The number of rotatable bonds is 8. The predicted octanol–water partition coefficient (Wildman–Crippen LogP) is 4.72. The van der Waals surface area contributed by atoms with Gasteiger partial charge in [0.2, 0.25) is 0 Å². The summed E-state index contributed by atoms with van der Waals surface area (Å²) in [5.74, 6) is 0.132. The van der Waals surface area contributed by atoms with Crippen molar-refractivity contribution in [3.8, 4) is 5.75 Å². The van der Waals surface area contributed by atoms with E-state index in [1.807, 2.05) is 48.5 Å². The van der Waals surface area contributed by atoms with Crippen molar-refractivity contribution in [3.05, 3.63) is 137 Å². The molecule has 0 bridgehead atoms. The van der Waals surface area contributed by atoms with Crippen molar-refractivity contribution in [3.63, 3.8) is 0 Å². The lowest BCUT2D eigenvalue weighted by atomic mass is 9.96. The van der Waals surface area contributed by atoms with Crippen molar-refractivity contribution in [2.24, 2.45) is 4.99 Å². The fourth-order valence-corrected chi connectivity index (χ4v) is 6.49. The number of para-hydroxylation sites is 1. The highest BCUT2D eigenvalue weighted by molar-refractivity contribution is 7.07. The van der Waals surface area contributed by atoms with Gasteiger partial charge in [-0.3, -0.25) is 19.5 Å². The first kappa shape index (κ1) is 28.8. The van der Waals surface area contributed by atoms with Crippen LogP contribution in [-0.2, 0) is 16.1 Å². The maximum absolute atomic E-state index is 14.2. The number of carbonyl (C=O) groups excluding carboxylic acids is 1. The molecule has 10 nitrogen and oxygen atoms in total. The first-order valence-electron chi connectivity index (χ1n) is 13.9. The molecule has 3 heterocycles. The van der Waals surface area contributed by atoms with Gasteiger partial charge in [-0.2, -0.15) is 0 Å². The molecule has 0 unspecified atom stereocenters. The van der Waals surface area contributed by atoms with Crippen molar-refractivity contribution in [2.45, 2.75) is 26.4 Å². The average molecular weight is 609 g/mol. The summed E-state index contributed by atoms with van der Waals surface area (Å²) < 4.78 is 14.8. The zero-order valence-electron chi connectivity index (χ0n) is 24.2. The molecule has 0 fully saturated rings. The summed E-state index contributed by atoms with van der Waals surface area (Å²) in [6.07, 6.45) is 1.84. The second-order valence-corrected chi connectivity index (χ2v) is 11.2. The predicted molar refractivity (Wildman–Crippen MR) is 168 cm³/mol. The highest BCUT2D eigenvalue weighted by Crippen LogP contribution is 2.32. The number of benzene rings is 3. The van der Waals surface area contributed by atoms with E-state index in [2.05, 4.69) is 9.56 Å². The molecule has 3 aromatic carbocycles. The molecule has 2 aromatic heterocycles. The number of ether oxygens (including phenoxy) is 2. The number of aromatic nitrogens is 2. The smallest absolute Gasteiger partial charge is 0.338 e. The summed E-state index contributed by atoms with van der Waals surface area (Å²) in [7, 11) is 1.58. The minimum atomic E-state index is -0.732. The topological polar surface area (TPSA) is 118 Å². The summed E-state index contributed by atoms with van der Waals surface area (Å²) >= 11 is 1.25. The van der Waals surface area contributed by atoms with E-state index in [1.165, 1.54) is 23.5 Å². The van der Waals surface area contributed by atoms with Crippen molar-refractivity contribution in [1.82, 2.24) is 9.13 Å². The quantitative estimate of drug-likeness (QED) is 0.143. The van der Waals surface area contributed by atoms with Crippen LogP contribution in [0.3, 0.4) is 0 Å². The van der Waals surface area contributed by atoms with E-state index in [0.29, 0.717) is 32.9 Å². The third-order valence-corrected chi connectivity index (χ3v) is 8.54. The summed E-state index contributed by atoms with van der Waals surface area (Å²) in [6, 6.07) is 22.9. The van der Waals surface area contributed by atoms with Crippen LogP contribution in [0.4, 0.5) is 5.69 Å². The summed E-state index contributed by atoms with van der Waals surface area (Å²) in [4.78, 5) is 43.2. The molecule has 0 N–H and O–H groups in total. The van der Waals surface area contributed by atoms with Gasteiger partial charge in [-0.15, -0.1) is 0 Å². The van der Waals surface area contributed by atoms with Crippen LogP contribution in [0.15, 0.2) is 99.9 Å². The van der Waals surface area contributed by atoms with Crippen LogP contribution in [0.5, 0.6) is 5.75 Å². The number of allylic oxidation sites excluding steroid dienone is 1. The lowest BCUT2D eigenvalue weighted by molar-refractivity contribution is -0.384. The highest BCUT2D eigenvalue weighted by Gasteiger charge is 2.33. The number of nitro groups is 1. The number of hydrogen-bond acceptors (Lipinski definition) is 8. The SMILES string of the molecule is CCOC(=O)C1=C(C)N=c2s/c(=C/c3cc4ccccc4n3Cc3ccc([N+](=O)[O-])cc3)c(=O)n2[C@H]1c1ccc(OC)cc1. The van der Waals surface area contributed by atoms with Crippen LogP contribution < -0.4 is 19.6 Å². The third-order valence-electron chi connectivity index (χ3n) is 7.56. The van der Waals surface area contributed by atoms with Crippen molar-refractivity contribution in [2.75, 3.05) is 13.7 Å². The molecule has 0 amide bonds. The van der Waals surface area contributed by atoms with Gasteiger partial charge in [-0.1, -0.05) is 53.8 Å². The average Bonchev–Trinajstić information content (AvgIpc) is 3.52. The van der Waals surface area contributed by atoms with Crippen molar-refractivity contribution >= 4 is 40.0 Å². The second kappa shape index (κ2) is 11.8. The summed E-state index contributed by atoms with van der Waals surface area (Å²) in [6.45, 7) is 4.12. The molecule has 0 spiro atoms. The molecule has 11 heteroatoms. The monoisotopic (exact) mass is 608 g/mol. The number of esters is 1. The van der Waals surface area contributed by atoms with Crippen LogP contribution in [0.1, 0.15) is 36.7 Å². The minimum absolute atomic E-state index is 0.0244. The Labute approximate surface area is 255 Å². The first-order valence-corrected chi connectivity index (χ1v) is 14.8. The molecular formula is C33H28N4O6S. The molecule has 6 rings (SSSR count). The minimum Gasteiger partial charge on any atom is -0.497 e. The summed E-state index contributed by atoms with van der Waals surface area (Å²) in [5, 5.41) is 12.1. The zero-order valence-corrected chi connectivity index (χ0v) is 25.0. The Balaban J connectivity index is 1.51. The number of nitrogens with zero attached hydrogens (tertiary/aromatic N) is 4. The second-order valence-electron chi connectivity index (χ2n) is 10.2. The van der Waals surface area contributed by atoms with Crippen molar-refractivity contribution in [1.29, 1.82) is 0 Å². The van der Waals surface area contributed by atoms with Gasteiger partial charge in [0.1, 0.15) is 5.75 Å². The number of nitro benzene ring substituents is 1.